The van der Waals surface area contributed by atoms with E-state index in [2.05, 4.69) is 10.5 Å². The summed E-state index contributed by atoms with van der Waals surface area (Å²) in [6.45, 7) is 0.424. The molecule has 1 amide bonds. The predicted molar refractivity (Wildman–Crippen MR) is 94.9 cm³/mol. The molecule has 3 rings (SSSR count). The molecule has 2 aromatic carbocycles. The van der Waals surface area contributed by atoms with E-state index in [0.29, 0.717) is 28.0 Å². The van der Waals surface area contributed by atoms with Gasteiger partial charge in [0.1, 0.15) is 5.69 Å². The Morgan fingerprint density at radius 1 is 1.04 bits per heavy atom. The molecule has 0 atom stereocenters. The third-order valence-electron chi connectivity index (χ3n) is 3.53. The van der Waals surface area contributed by atoms with Crippen LogP contribution in [0.25, 0.3) is 11.3 Å². The third-order valence-corrected chi connectivity index (χ3v) is 4.03. The van der Waals surface area contributed by atoms with Crippen molar-refractivity contribution in [2.24, 2.45) is 5.84 Å². The van der Waals surface area contributed by atoms with E-state index in [1.165, 1.54) is 0 Å². The number of nitrogens with zero attached hydrogens (tertiary/aromatic N) is 2. The van der Waals surface area contributed by atoms with Crippen LogP contribution in [-0.4, -0.2) is 15.7 Å². The van der Waals surface area contributed by atoms with E-state index < -0.39 is 5.91 Å². The zero-order chi connectivity index (χ0) is 17.1. The number of amides is 1. The average molecular weight is 361 g/mol. The Bertz CT molecular complexity index is 857. The number of rotatable bonds is 4. The molecule has 0 radical (unpaired) electrons. The second kappa shape index (κ2) is 7.05. The smallest absolute Gasteiger partial charge is 0.283 e. The highest BCUT2D eigenvalue weighted by atomic mass is 35.5. The molecule has 1 heterocycles. The molecule has 0 saturated carbocycles. The fourth-order valence-corrected chi connectivity index (χ4v) is 2.57. The number of carbonyl (C=O) groups excluding carboxylic acids is 1. The summed E-state index contributed by atoms with van der Waals surface area (Å²) in [6.07, 6.45) is 0. The maximum absolute atomic E-state index is 12.0. The van der Waals surface area contributed by atoms with E-state index in [-0.39, 0.29) is 0 Å². The number of hydrogen-bond donors (Lipinski definition) is 2. The van der Waals surface area contributed by atoms with Crippen LogP contribution in [0.15, 0.2) is 54.6 Å². The largest absolute Gasteiger partial charge is 0.289 e. The summed E-state index contributed by atoms with van der Waals surface area (Å²) < 4.78 is 1.61. The van der Waals surface area contributed by atoms with E-state index in [1.807, 2.05) is 24.3 Å². The Morgan fingerprint density at radius 2 is 1.62 bits per heavy atom. The van der Waals surface area contributed by atoms with E-state index >= 15 is 0 Å². The SMILES string of the molecule is NNC(=O)c1cc(-c2ccc(Cl)cc2)nn1Cc1ccc(Cl)cc1. The zero-order valence-electron chi connectivity index (χ0n) is 12.5. The molecule has 0 bridgehead atoms. The number of nitrogens with one attached hydrogen (secondary N) is 1. The van der Waals surface area contributed by atoms with E-state index in [4.69, 9.17) is 29.0 Å². The van der Waals surface area contributed by atoms with E-state index in [0.717, 1.165) is 11.1 Å². The lowest BCUT2D eigenvalue weighted by molar-refractivity contribution is 0.0943. The van der Waals surface area contributed by atoms with Crippen molar-refractivity contribution < 1.29 is 4.79 Å². The second-order valence-corrected chi connectivity index (χ2v) is 6.05. The molecule has 0 fully saturated rings. The van der Waals surface area contributed by atoms with Gasteiger partial charge < -0.3 is 0 Å². The number of hydrazine groups is 1. The van der Waals surface area contributed by atoms with Crippen LogP contribution in [0.4, 0.5) is 0 Å². The van der Waals surface area contributed by atoms with Gasteiger partial charge in [0, 0.05) is 15.6 Å². The van der Waals surface area contributed by atoms with Gasteiger partial charge in [-0.1, -0.05) is 47.5 Å². The molecule has 5 nitrogen and oxygen atoms in total. The van der Waals surface area contributed by atoms with Gasteiger partial charge in [0.05, 0.1) is 12.2 Å². The molecule has 0 unspecified atom stereocenters. The predicted octanol–water partition coefficient (Wildman–Crippen LogP) is 3.51. The van der Waals surface area contributed by atoms with Crippen molar-refractivity contribution in [2.75, 3.05) is 0 Å². The molecule has 3 aromatic rings. The maximum Gasteiger partial charge on any atom is 0.283 e. The van der Waals surface area contributed by atoms with Crippen LogP contribution in [0.3, 0.4) is 0 Å². The van der Waals surface area contributed by atoms with Crippen LogP contribution < -0.4 is 11.3 Å². The Balaban J connectivity index is 1.98. The minimum atomic E-state index is -0.406. The molecular weight excluding hydrogens is 347 g/mol. The molecule has 7 heteroatoms. The highest BCUT2D eigenvalue weighted by molar-refractivity contribution is 6.30. The number of aromatic nitrogens is 2. The van der Waals surface area contributed by atoms with Crippen LogP contribution in [0, 0.1) is 0 Å². The van der Waals surface area contributed by atoms with Gasteiger partial charge in [-0.2, -0.15) is 5.10 Å². The highest BCUT2D eigenvalue weighted by Crippen LogP contribution is 2.22. The van der Waals surface area contributed by atoms with Crippen LogP contribution >= 0.6 is 23.2 Å². The van der Waals surface area contributed by atoms with Gasteiger partial charge >= 0.3 is 0 Å². The number of benzene rings is 2. The fourth-order valence-electron chi connectivity index (χ4n) is 2.32. The number of nitrogen functional groups attached to an aromatic ring is 1. The summed E-state index contributed by atoms with van der Waals surface area (Å²) in [5.74, 6) is 4.87. The monoisotopic (exact) mass is 360 g/mol. The first-order valence-electron chi connectivity index (χ1n) is 7.16. The van der Waals surface area contributed by atoms with Crippen molar-refractivity contribution in [1.29, 1.82) is 0 Å². The minimum Gasteiger partial charge on any atom is -0.289 e. The summed E-state index contributed by atoms with van der Waals surface area (Å²) in [4.78, 5) is 12.0. The Morgan fingerprint density at radius 3 is 2.21 bits per heavy atom. The van der Waals surface area contributed by atoms with Gasteiger partial charge in [-0.15, -0.1) is 0 Å². The number of hydrogen-bond acceptors (Lipinski definition) is 3. The number of carbonyl (C=O) groups is 1. The van der Waals surface area contributed by atoms with Crippen LogP contribution in [0.5, 0.6) is 0 Å². The lowest BCUT2D eigenvalue weighted by Gasteiger charge is -2.06. The summed E-state index contributed by atoms with van der Waals surface area (Å²) in [5.41, 5.74) is 5.02. The van der Waals surface area contributed by atoms with Gasteiger partial charge in [0.2, 0.25) is 0 Å². The fraction of sp³-hybridized carbons (Fsp3) is 0.0588. The molecule has 0 aliphatic rings. The first-order valence-corrected chi connectivity index (χ1v) is 7.91. The lowest BCUT2D eigenvalue weighted by atomic mass is 10.1. The molecule has 0 spiro atoms. The molecule has 0 saturated heterocycles. The molecule has 24 heavy (non-hydrogen) atoms. The Hall–Kier alpha value is -2.34. The zero-order valence-corrected chi connectivity index (χ0v) is 14.1. The van der Waals surface area contributed by atoms with Crippen LogP contribution in [0.1, 0.15) is 16.1 Å². The van der Waals surface area contributed by atoms with Gasteiger partial charge in [-0.05, 0) is 35.9 Å². The van der Waals surface area contributed by atoms with Crippen LogP contribution in [0.2, 0.25) is 10.0 Å². The van der Waals surface area contributed by atoms with Crippen molar-refractivity contribution >= 4 is 29.1 Å². The first kappa shape index (κ1) is 16.5. The number of halogens is 2. The summed E-state index contributed by atoms with van der Waals surface area (Å²) in [6, 6.07) is 16.3. The van der Waals surface area contributed by atoms with E-state index in [1.54, 1.807) is 35.0 Å². The molecular formula is C17H14Cl2N4O. The molecule has 122 valence electrons. The molecule has 0 aliphatic carbocycles. The third kappa shape index (κ3) is 3.59. The van der Waals surface area contributed by atoms with Crippen molar-refractivity contribution in [3.8, 4) is 11.3 Å². The molecule has 1 aromatic heterocycles. The lowest BCUT2D eigenvalue weighted by Crippen LogP contribution is -2.32. The Kier molecular flexibility index (Phi) is 4.85. The topological polar surface area (TPSA) is 72.9 Å². The van der Waals surface area contributed by atoms with Crippen molar-refractivity contribution in [3.63, 3.8) is 0 Å². The van der Waals surface area contributed by atoms with Crippen molar-refractivity contribution in [3.05, 3.63) is 75.9 Å². The van der Waals surface area contributed by atoms with E-state index in [9.17, 15) is 4.79 Å². The first-order chi connectivity index (χ1) is 11.6. The van der Waals surface area contributed by atoms with Gasteiger partial charge in [-0.3, -0.25) is 14.9 Å². The minimum absolute atomic E-state index is 0.373. The average Bonchev–Trinajstić information content (AvgIpc) is 3.00. The maximum atomic E-state index is 12.0. The summed E-state index contributed by atoms with van der Waals surface area (Å²) in [7, 11) is 0. The van der Waals surface area contributed by atoms with Crippen molar-refractivity contribution in [1.82, 2.24) is 15.2 Å². The summed E-state index contributed by atoms with van der Waals surface area (Å²) >= 11 is 11.8. The number of nitrogens with two attached hydrogens (primary N) is 1. The van der Waals surface area contributed by atoms with Gasteiger partial charge in [-0.25, -0.2) is 5.84 Å². The van der Waals surface area contributed by atoms with Gasteiger partial charge in [0.25, 0.3) is 5.91 Å². The Labute approximate surface area is 149 Å². The standard InChI is InChI=1S/C17H14Cl2N4O/c18-13-5-1-11(2-6-13)10-23-16(17(24)21-20)9-15(22-23)12-3-7-14(19)8-4-12/h1-9H,10,20H2,(H,21,24). The second-order valence-electron chi connectivity index (χ2n) is 5.18. The highest BCUT2D eigenvalue weighted by Gasteiger charge is 2.16. The summed E-state index contributed by atoms with van der Waals surface area (Å²) in [5, 5.41) is 5.81. The van der Waals surface area contributed by atoms with Gasteiger partial charge in [0.15, 0.2) is 0 Å². The molecule has 0 aliphatic heterocycles. The quantitative estimate of drug-likeness (QED) is 0.424. The normalized spacial score (nSPS) is 10.6. The molecule has 3 N–H and O–H groups in total. The van der Waals surface area contributed by atoms with Crippen LogP contribution in [-0.2, 0) is 6.54 Å². The van der Waals surface area contributed by atoms with Crippen molar-refractivity contribution in [2.45, 2.75) is 6.54 Å².